The van der Waals surface area contributed by atoms with Crippen molar-refractivity contribution < 1.29 is 18.3 Å². The van der Waals surface area contributed by atoms with Gasteiger partial charge in [0.1, 0.15) is 0 Å². The first-order valence-corrected chi connectivity index (χ1v) is 8.45. The van der Waals surface area contributed by atoms with E-state index >= 15 is 0 Å². The molecule has 0 unspecified atom stereocenters. The predicted molar refractivity (Wildman–Crippen MR) is 80.3 cm³/mol. The van der Waals surface area contributed by atoms with Gasteiger partial charge in [-0.05, 0) is 36.6 Å². The second-order valence-electron chi connectivity index (χ2n) is 5.06. The zero-order valence-electron chi connectivity index (χ0n) is 11.7. The van der Waals surface area contributed by atoms with E-state index < -0.39 is 16.0 Å². The fourth-order valence-corrected chi connectivity index (χ4v) is 3.87. The van der Waals surface area contributed by atoms with Crippen LogP contribution in [0.4, 0.5) is 0 Å². The molecular formula is C15H19NO4S. The number of rotatable bonds is 4. The van der Waals surface area contributed by atoms with E-state index in [1.807, 2.05) is 0 Å². The summed E-state index contributed by atoms with van der Waals surface area (Å²) in [5.41, 5.74) is 0.659. The van der Waals surface area contributed by atoms with E-state index in [0.29, 0.717) is 18.7 Å². The Labute approximate surface area is 124 Å². The second kappa shape index (κ2) is 6.87. The van der Waals surface area contributed by atoms with Crippen molar-refractivity contribution in [2.24, 2.45) is 0 Å². The van der Waals surface area contributed by atoms with Gasteiger partial charge in [-0.3, -0.25) is 0 Å². The molecule has 6 heteroatoms. The van der Waals surface area contributed by atoms with Crippen LogP contribution >= 0.6 is 0 Å². The van der Waals surface area contributed by atoms with Gasteiger partial charge in [0.15, 0.2) is 0 Å². The van der Waals surface area contributed by atoms with Gasteiger partial charge < -0.3 is 5.11 Å². The molecule has 1 fully saturated rings. The van der Waals surface area contributed by atoms with Crippen LogP contribution in [0.1, 0.15) is 31.2 Å². The van der Waals surface area contributed by atoms with Crippen molar-refractivity contribution in [3.63, 3.8) is 0 Å². The Hall–Kier alpha value is -1.66. The summed E-state index contributed by atoms with van der Waals surface area (Å²) in [6.07, 6.45) is 6.41. The molecule has 1 aromatic rings. The summed E-state index contributed by atoms with van der Waals surface area (Å²) in [6, 6.07) is 6.29. The minimum absolute atomic E-state index is 0.261. The fraction of sp³-hybridized carbons (Fsp3) is 0.400. The number of hydrogen-bond acceptors (Lipinski definition) is 3. The molecule has 1 aliphatic rings. The summed E-state index contributed by atoms with van der Waals surface area (Å²) in [6.45, 7) is 1.14. The largest absolute Gasteiger partial charge is 0.478 e. The van der Waals surface area contributed by atoms with Gasteiger partial charge in [-0.2, -0.15) is 4.31 Å². The van der Waals surface area contributed by atoms with Gasteiger partial charge in [0.2, 0.25) is 10.0 Å². The number of carboxylic acid groups (broad SMARTS) is 1. The third kappa shape index (κ3) is 4.15. The Morgan fingerprint density at radius 3 is 2.14 bits per heavy atom. The van der Waals surface area contributed by atoms with Crippen LogP contribution in [0, 0.1) is 0 Å². The second-order valence-corrected chi connectivity index (χ2v) is 7.00. The fourth-order valence-electron chi connectivity index (χ4n) is 2.35. The van der Waals surface area contributed by atoms with Crippen molar-refractivity contribution in [3.8, 4) is 0 Å². The van der Waals surface area contributed by atoms with E-state index in [1.54, 1.807) is 16.4 Å². The van der Waals surface area contributed by atoms with Crippen molar-refractivity contribution in [1.82, 2.24) is 4.31 Å². The Kier molecular flexibility index (Phi) is 5.14. The summed E-state index contributed by atoms with van der Waals surface area (Å²) < 4.78 is 26.6. The first-order chi connectivity index (χ1) is 10.00. The molecule has 1 heterocycles. The zero-order valence-corrected chi connectivity index (χ0v) is 12.6. The maximum atomic E-state index is 12.5. The molecule has 1 saturated heterocycles. The molecule has 0 aromatic heterocycles. The number of aliphatic carboxylic acids is 1. The molecule has 114 valence electrons. The number of hydrogen-bond donors (Lipinski definition) is 1. The lowest BCUT2D eigenvalue weighted by atomic mass is 10.2. The van der Waals surface area contributed by atoms with E-state index in [4.69, 9.17) is 5.11 Å². The summed E-state index contributed by atoms with van der Waals surface area (Å²) >= 11 is 0. The van der Waals surface area contributed by atoms with E-state index in [1.165, 1.54) is 18.2 Å². The lowest BCUT2D eigenvalue weighted by Gasteiger charge is -2.19. The predicted octanol–water partition coefficient (Wildman–Crippen LogP) is 2.35. The van der Waals surface area contributed by atoms with Gasteiger partial charge in [0.25, 0.3) is 0 Å². The molecule has 1 aromatic carbocycles. The van der Waals surface area contributed by atoms with Crippen molar-refractivity contribution >= 4 is 22.1 Å². The minimum Gasteiger partial charge on any atom is -0.478 e. The van der Waals surface area contributed by atoms with Gasteiger partial charge >= 0.3 is 5.97 Å². The highest BCUT2D eigenvalue weighted by atomic mass is 32.2. The molecule has 0 radical (unpaired) electrons. The summed E-state index contributed by atoms with van der Waals surface area (Å²) in [4.78, 5) is 10.7. The van der Waals surface area contributed by atoms with Crippen LogP contribution in [0.5, 0.6) is 0 Å². The van der Waals surface area contributed by atoms with Crippen LogP contribution in [-0.2, 0) is 14.8 Å². The van der Waals surface area contributed by atoms with Gasteiger partial charge in [-0.1, -0.05) is 25.0 Å². The van der Waals surface area contributed by atoms with Crippen LogP contribution in [-0.4, -0.2) is 36.9 Å². The maximum Gasteiger partial charge on any atom is 0.328 e. The highest BCUT2D eigenvalue weighted by Gasteiger charge is 2.24. The number of carbonyl (C=O) groups is 1. The van der Waals surface area contributed by atoms with E-state index in [9.17, 15) is 13.2 Å². The molecule has 0 amide bonds. The molecule has 1 aliphatic heterocycles. The Morgan fingerprint density at radius 2 is 1.62 bits per heavy atom. The van der Waals surface area contributed by atoms with Crippen LogP contribution < -0.4 is 0 Å². The van der Waals surface area contributed by atoms with Gasteiger partial charge in [-0.25, -0.2) is 13.2 Å². The zero-order chi connectivity index (χ0) is 15.3. The average molecular weight is 309 g/mol. The van der Waals surface area contributed by atoms with Crippen molar-refractivity contribution in [2.45, 2.75) is 30.6 Å². The number of sulfonamides is 1. The lowest BCUT2D eigenvalue weighted by Crippen LogP contribution is -2.31. The van der Waals surface area contributed by atoms with Crippen molar-refractivity contribution in [3.05, 3.63) is 35.9 Å². The molecular weight excluding hydrogens is 290 g/mol. The summed E-state index contributed by atoms with van der Waals surface area (Å²) in [7, 11) is -3.44. The van der Waals surface area contributed by atoms with Gasteiger partial charge in [0, 0.05) is 19.2 Å². The Bertz CT molecular complexity index is 612. The topological polar surface area (TPSA) is 74.7 Å². The third-order valence-corrected chi connectivity index (χ3v) is 5.41. The van der Waals surface area contributed by atoms with Gasteiger partial charge in [0.05, 0.1) is 4.90 Å². The molecule has 5 nitrogen and oxygen atoms in total. The van der Waals surface area contributed by atoms with Crippen LogP contribution in [0.2, 0.25) is 0 Å². The number of benzene rings is 1. The normalized spacial score (nSPS) is 17.7. The molecule has 0 spiro atoms. The monoisotopic (exact) mass is 309 g/mol. The Balaban J connectivity index is 2.18. The lowest BCUT2D eigenvalue weighted by molar-refractivity contribution is -0.131. The first kappa shape index (κ1) is 15.7. The van der Waals surface area contributed by atoms with E-state index in [-0.39, 0.29) is 4.90 Å². The number of carboxylic acids is 1. The molecule has 0 saturated carbocycles. The quantitative estimate of drug-likeness (QED) is 0.866. The molecule has 21 heavy (non-hydrogen) atoms. The average Bonchev–Trinajstić information content (AvgIpc) is 2.75. The standard InChI is InChI=1S/C15H19NO4S/c17-15(18)10-7-13-5-8-14(9-6-13)21(19,20)16-11-3-1-2-4-12-16/h5-10H,1-4,11-12H2,(H,17,18)/b10-7+. The molecule has 0 aliphatic carbocycles. The summed E-state index contributed by atoms with van der Waals surface area (Å²) in [5.74, 6) is -1.03. The number of nitrogens with zero attached hydrogens (tertiary/aromatic N) is 1. The third-order valence-electron chi connectivity index (χ3n) is 3.50. The first-order valence-electron chi connectivity index (χ1n) is 7.01. The smallest absolute Gasteiger partial charge is 0.328 e. The highest BCUT2D eigenvalue weighted by Crippen LogP contribution is 2.20. The summed E-state index contributed by atoms with van der Waals surface area (Å²) in [5, 5.41) is 8.57. The maximum absolute atomic E-state index is 12.5. The molecule has 1 N–H and O–H groups in total. The molecule has 2 rings (SSSR count). The van der Waals surface area contributed by atoms with Crippen LogP contribution in [0.25, 0.3) is 6.08 Å². The van der Waals surface area contributed by atoms with Crippen LogP contribution in [0.15, 0.2) is 35.2 Å². The minimum atomic E-state index is -3.44. The van der Waals surface area contributed by atoms with Crippen LogP contribution in [0.3, 0.4) is 0 Å². The molecule has 0 atom stereocenters. The molecule has 0 bridgehead atoms. The van der Waals surface area contributed by atoms with Gasteiger partial charge in [-0.15, -0.1) is 0 Å². The van der Waals surface area contributed by atoms with Crippen molar-refractivity contribution in [2.75, 3.05) is 13.1 Å². The van der Waals surface area contributed by atoms with Crippen molar-refractivity contribution in [1.29, 1.82) is 0 Å². The Morgan fingerprint density at radius 1 is 1.05 bits per heavy atom. The highest BCUT2D eigenvalue weighted by molar-refractivity contribution is 7.89. The van der Waals surface area contributed by atoms with E-state index in [0.717, 1.165) is 31.8 Å². The SMILES string of the molecule is O=C(O)/C=C/c1ccc(S(=O)(=O)N2CCCCCC2)cc1. The van der Waals surface area contributed by atoms with E-state index in [2.05, 4.69) is 0 Å².